The maximum Gasteiger partial charge on any atom is 0.331 e. The number of carboxylic acid groups (broad SMARTS) is 1. The van der Waals surface area contributed by atoms with Gasteiger partial charge in [-0.1, -0.05) is 6.92 Å². The number of hydrogen-bond acceptors (Lipinski definition) is 4. The topological polar surface area (TPSA) is 75.4 Å². The van der Waals surface area contributed by atoms with E-state index in [1.54, 1.807) is 33.3 Å². The van der Waals surface area contributed by atoms with Gasteiger partial charge in [0.1, 0.15) is 0 Å². The van der Waals surface area contributed by atoms with Gasteiger partial charge >= 0.3 is 5.97 Å². The van der Waals surface area contributed by atoms with Crippen LogP contribution in [0.3, 0.4) is 0 Å². The fourth-order valence-electron chi connectivity index (χ4n) is 3.13. The van der Waals surface area contributed by atoms with Crippen molar-refractivity contribution in [2.75, 3.05) is 13.1 Å². The summed E-state index contributed by atoms with van der Waals surface area (Å²) < 4.78 is 1.55. The Bertz CT molecular complexity index is 757. The van der Waals surface area contributed by atoms with Crippen LogP contribution in [-0.4, -0.2) is 44.8 Å². The summed E-state index contributed by atoms with van der Waals surface area (Å²) in [5.74, 6) is -0.900. The number of thiophene rings is 1. The summed E-state index contributed by atoms with van der Waals surface area (Å²) in [6.07, 6.45) is 5.07. The van der Waals surface area contributed by atoms with E-state index in [9.17, 15) is 14.7 Å². The highest BCUT2D eigenvalue weighted by molar-refractivity contribution is 7.10. The SMILES string of the molecule is CCc1cc(C(=O)N2CCC(C(=O)O)(n3cc(C)cn3)CC2)cs1. The smallest absolute Gasteiger partial charge is 0.331 e. The first kappa shape index (κ1) is 16.7. The van der Waals surface area contributed by atoms with Crippen LogP contribution in [0.25, 0.3) is 0 Å². The molecular formula is C17H21N3O3S. The molecule has 3 heterocycles. The van der Waals surface area contributed by atoms with Gasteiger partial charge in [-0.25, -0.2) is 4.79 Å². The van der Waals surface area contributed by atoms with Crippen LogP contribution in [0.15, 0.2) is 23.8 Å². The van der Waals surface area contributed by atoms with Gasteiger partial charge in [-0.05, 0) is 25.0 Å². The normalized spacial score (nSPS) is 17.0. The standard InChI is InChI=1S/C17H21N3O3S/c1-3-14-8-13(11-24-14)15(21)19-6-4-17(5-7-19,16(22)23)20-10-12(2)9-18-20/h8-11H,3-7H2,1-2H3,(H,22,23). The third-order valence-electron chi connectivity index (χ3n) is 4.68. The Balaban J connectivity index is 1.76. The Morgan fingerprint density at radius 1 is 1.38 bits per heavy atom. The van der Waals surface area contributed by atoms with E-state index >= 15 is 0 Å². The second-order valence-electron chi connectivity index (χ2n) is 6.25. The average Bonchev–Trinajstić information content (AvgIpc) is 3.23. The molecule has 3 rings (SSSR count). The van der Waals surface area contributed by atoms with E-state index in [4.69, 9.17) is 0 Å². The third-order valence-corrected chi connectivity index (χ3v) is 5.76. The molecule has 1 saturated heterocycles. The Labute approximate surface area is 144 Å². The van der Waals surface area contributed by atoms with Gasteiger partial charge in [0, 0.05) is 42.4 Å². The maximum absolute atomic E-state index is 12.6. The Hall–Kier alpha value is -2.15. The molecule has 0 aliphatic carbocycles. The van der Waals surface area contributed by atoms with Crippen molar-refractivity contribution in [3.63, 3.8) is 0 Å². The molecule has 0 atom stereocenters. The fraction of sp³-hybridized carbons (Fsp3) is 0.471. The number of carbonyl (C=O) groups excluding carboxylic acids is 1. The number of rotatable bonds is 4. The van der Waals surface area contributed by atoms with Crippen molar-refractivity contribution in [2.45, 2.75) is 38.6 Å². The van der Waals surface area contributed by atoms with Gasteiger partial charge in [-0.3, -0.25) is 9.48 Å². The van der Waals surface area contributed by atoms with Crippen LogP contribution in [0, 0.1) is 6.92 Å². The highest BCUT2D eigenvalue weighted by Gasteiger charge is 2.45. The van der Waals surface area contributed by atoms with Gasteiger partial charge in [0.05, 0.1) is 11.8 Å². The number of aliphatic carboxylic acids is 1. The van der Waals surface area contributed by atoms with Gasteiger partial charge in [0.25, 0.3) is 5.91 Å². The van der Waals surface area contributed by atoms with Crippen LogP contribution in [0.2, 0.25) is 0 Å². The van der Waals surface area contributed by atoms with Crippen molar-refractivity contribution >= 4 is 23.2 Å². The molecular weight excluding hydrogens is 326 g/mol. The Morgan fingerprint density at radius 3 is 2.58 bits per heavy atom. The first-order chi connectivity index (χ1) is 11.5. The largest absolute Gasteiger partial charge is 0.479 e. The quantitative estimate of drug-likeness (QED) is 0.922. The van der Waals surface area contributed by atoms with Crippen LogP contribution in [0.5, 0.6) is 0 Å². The highest BCUT2D eigenvalue weighted by atomic mass is 32.1. The monoisotopic (exact) mass is 347 g/mol. The molecule has 1 aliphatic heterocycles. The minimum Gasteiger partial charge on any atom is -0.479 e. The molecule has 1 amide bonds. The Kier molecular flexibility index (Phi) is 4.45. The zero-order valence-corrected chi connectivity index (χ0v) is 14.7. The van der Waals surface area contributed by atoms with Crippen molar-refractivity contribution in [1.29, 1.82) is 0 Å². The van der Waals surface area contributed by atoms with Crippen LogP contribution < -0.4 is 0 Å². The molecule has 0 radical (unpaired) electrons. The van der Waals surface area contributed by atoms with E-state index in [2.05, 4.69) is 12.0 Å². The predicted octanol–water partition coefficient (Wildman–Crippen LogP) is 2.53. The molecule has 2 aromatic heterocycles. The zero-order valence-electron chi connectivity index (χ0n) is 13.9. The summed E-state index contributed by atoms with van der Waals surface area (Å²) in [4.78, 5) is 27.5. The van der Waals surface area contributed by atoms with Crippen molar-refractivity contribution in [1.82, 2.24) is 14.7 Å². The van der Waals surface area contributed by atoms with E-state index in [-0.39, 0.29) is 5.91 Å². The molecule has 0 saturated carbocycles. The van der Waals surface area contributed by atoms with E-state index in [0.717, 1.165) is 12.0 Å². The Morgan fingerprint density at radius 2 is 2.08 bits per heavy atom. The zero-order chi connectivity index (χ0) is 17.3. The number of hydrogen-bond donors (Lipinski definition) is 1. The first-order valence-corrected chi connectivity index (χ1v) is 8.96. The number of likely N-dealkylation sites (tertiary alicyclic amines) is 1. The number of amides is 1. The lowest BCUT2D eigenvalue weighted by atomic mass is 9.87. The van der Waals surface area contributed by atoms with Gasteiger partial charge < -0.3 is 10.0 Å². The molecule has 0 aromatic carbocycles. The molecule has 1 fully saturated rings. The predicted molar refractivity (Wildman–Crippen MR) is 91.4 cm³/mol. The number of carboxylic acids is 1. The average molecular weight is 347 g/mol. The molecule has 0 unspecified atom stereocenters. The summed E-state index contributed by atoms with van der Waals surface area (Å²) in [6, 6.07) is 1.93. The lowest BCUT2D eigenvalue weighted by Crippen LogP contribution is -2.52. The summed E-state index contributed by atoms with van der Waals surface area (Å²) in [6.45, 7) is 4.79. The number of aryl methyl sites for hydroxylation is 2. The van der Waals surface area contributed by atoms with Crippen LogP contribution in [0.1, 0.15) is 40.6 Å². The van der Waals surface area contributed by atoms with E-state index in [1.807, 2.05) is 18.4 Å². The van der Waals surface area contributed by atoms with Crippen molar-refractivity contribution in [2.24, 2.45) is 0 Å². The lowest BCUT2D eigenvalue weighted by molar-refractivity contribution is -0.150. The van der Waals surface area contributed by atoms with Gasteiger partial charge in [0.2, 0.25) is 0 Å². The molecule has 2 aromatic rings. The second-order valence-corrected chi connectivity index (χ2v) is 7.24. The van der Waals surface area contributed by atoms with Gasteiger partial charge in [-0.2, -0.15) is 5.10 Å². The molecule has 128 valence electrons. The van der Waals surface area contributed by atoms with Crippen molar-refractivity contribution in [3.05, 3.63) is 39.8 Å². The van der Waals surface area contributed by atoms with Crippen LogP contribution in [-0.2, 0) is 16.8 Å². The van der Waals surface area contributed by atoms with Crippen molar-refractivity contribution in [3.8, 4) is 0 Å². The summed E-state index contributed by atoms with van der Waals surface area (Å²) >= 11 is 1.59. The van der Waals surface area contributed by atoms with E-state index < -0.39 is 11.5 Å². The summed E-state index contributed by atoms with van der Waals surface area (Å²) in [5, 5.41) is 15.9. The van der Waals surface area contributed by atoms with Crippen LogP contribution in [0.4, 0.5) is 0 Å². The number of piperidine rings is 1. The third kappa shape index (κ3) is 2.84. The molecule has 1 aliphatic rings. The minimum absolute atomic E-state index is 0.0124. The molecule has 6 nitrogen and oxygen atoms in total. The van der Waals surface area contributed by atoms with Crippen LogP contribution >= 0.6 is 11.3 Å². The lowest BCUT2D eigenvalue weighted by Gasteiger charge is -2.38. The number of carbonyl (C=O) groups is 2. The molecule has 1 N–H and O–H groups in total. The second kappa shape index (κ2) is 6.39. The maximum atomic E-state index is 12.6. The number of nitrogens with zero attached hydrogens (tertiary/aromatic N) is 3. The highest BCUT2D eigenvalue weighted by Crippen LogP contribution is 2.31. The summed E-state index contributed by atoms with van der Waals surface area (Å²) in [5.41, 5.74) is 0.572. The van der Waals surface area contributed by atoms with E-state index in [0.29, 0.717) is 31.5 Å². The van der Waals surface area contributed by atoms with Gasteiger partial charge in [-0.15, -0.1) is 11.3 Å². The van der Waals surface area contributed by atoms with Gasteiger partial charge in [0.15, 0.2) is 5.54 Å². The minimum atomic E-state index is -1.06. The molecule has 7 heteroatoms. The molecule has 0 spiro atoms. The molecule has 0 bridgehead atoms. The molecule has 24 heavy (non-hydrogen) atoms. The van der Waals surface area contributed by atoms with E-state index in [1.165, 1.54) is 4.88 Å². The fourth-order valence-corrected chi connectivity index (χ4v) is 3.94. The first-order valence-electron chi connectivity index (χ1n) is 8.08. The number of aromatic nitrogens is 2. The summed E-state index contributed by atoms with van der Waals surface area (Å²) in [7, 11) is 0. The van der Waals surface area contributed by atoms with Crippen molar-refractivity contribution < 1.29 is 14.7 Å².